The maximum Gasteiger partial charge on any atom is 0.183 e. The lowest BCUT2D eigenvalue weighted by atomic mass is 10.2. The second-order valence-electron chi connectivity index (χ2n) is 2.29. The van der Waals surface area contributed by atoms with E-state index in [1.54, 1.807) is 0 Å². The van der Waals surface area contributed by atoms with Crippen LogP contribution in [0.1, 0.15) is 5.56 Å². The lowest BCUT2D eigenvalue weighted by Crippen LogP contribution is -2.01. The fourth-order valence-electron chi connectivity index (χ4n) is 0.758. The highest BCUT2D eigenvalue weighted by atomic mass is 35.5. The second kappa shape index (κ2) is 2.86. The predicted octanol–water partition coefficient (Wildman–Crippen LogP) is 2.65. The van der Waals surface area contributed by atoms with Crippen molar-refractivity contribution in [2.24, 2.45) is 0 Å². The van der Waals surface area contributed by atoms with Crippen molar-refractivity contribution >= 4 is 17.3 Å². The molecule has 0 saturated heterocycles. The van der Waals surface area contributed by atoms with Gasteiger partial charge in [0.05, 0.1) is 5.69 Å². The van der Waals surface area contributed by atoms with Gasteiger partial charge in [-0.1, -0.05) is 11.6 Å². The Morgan fingerprint density at radius 2 is 1.58 bits per heavy atom. The molecule has 66 valence electrons. The average molecular weight is 196 g/mol. The van der Waals surface area contributed by atoms with Crippen molar-refractivity contribution in [3.05, 3.63) is 28.0 Å². The second-order valence-corrected chi connectivity index (χ2v) is 2.67. The van der Waals surface area contributed by atoms with E-state index in [-0.39, 0.29) is 0 Å². The molecule has 0 atom stereocenters. The first-order valence-corrected chi connectivity index (χ1v) is 3.42. The molecule has 1 nitrogen and oxygen atoms in total. The quantitative estimate of drug-likeness (QED) is 0.500. The topological polar surface area (TPSA) is 26.0 Å². The van der Waals surface area contributed by atoms with Crippen LogP contribution in [0.4, 0.5) is 18.9 Å². The van der Waals surface area contributed by atoms with Crippen molar-refractivity contribution in [1.82, 2.24) is 0 Å². The normalized spacial score (nSPS) is 10.4. The molecular weight excluding hydrogens is 191 g/mol. The third-order valence-electron chi connectivity index (χ3n) is 1.52. The molecule has 0 fully saturated rings. The van der Waals surface area contributed by atoms with Crippen LogP contribution in [0.15, 0.2) is 0 Å². The summed E-state index contributed by atoms with van der Waals surface area (Å²) in [5, 5.41) is -0.577. The summed E-state index contributed by atoms with van der Waals surface area (Å²) in [5.41, 5.74) is 3.80. The first kappa shape index (κ1) is 9.19. The molecule has 5 heteroatoms. The Morgan fingerprint density at radius 3 is 2.08 bits per heavy atom. The number of nitrogen functional groups attached to an aromatic ring is 1. The molecule has 0 heterocycles. The van der Waals surface area contributed by atoms with E-state index >= 15 is 0 Å². The van der Waals surface area contributed by atoms with Gasteiger partial charge in [0.1, 0.15) is 10.8 Å². The maximum atomic E-state index is 12.8. The highest BCUT2D eigenvalue weighted by Gasteiger charge is 2.18. The minimum atomic E-state index is -1.31. The van der Waals surface area contributed by atoms with Crippen LogP contribution in [-0.4, -0.2) is 0 Å². The van der Waals surface area contributed by atoms with Gasteiger partial charge in [-0.25, -0.2) is 13.2 Å². The minimum Gasteiger partial charge on any atom is -0.395 e. The van der Waals surface area contributed by atoms with E-state index in [1.807, 2.05) is 0 Å². The molecule has 0 aromatic heterocycles. The number of nitrogens with two attached hydrogens (primary N) is 1. The Balaban J connectivity index is 3.60. The first-order chi connectivity index (χ1) is 5.46. The molecule has 0 spiro atoms. The highest BCUT2D eigenvalue weighted by Crippen LogP contribution is 2.30. The van der Waals surface area contributed by atoms with E-state index in [0.717, 1.165) is 6.92 Å². The summed E-state index contributed by atoms with van der Waals surface area (Å²) in [4.78, 5) is 0. The van der Waals surface area contributed by atoms with Gasteiger partial charge in [0, 0.05) is 5.56 Å². The van der Waals surface area contributed by atoms with Crippen molar-refractivity contribution < 1.29 is 13.2 Å². The van der Waals surface area contributed by atoms with E-state index in [1.165, 1.54) is 0 Å². The number of hydrogen-bond acceptors (Lipinski definition) is 1. The molecule has 0 aliphatic heterocycles. The van der Waals surface area contributed by atoms with Crippen LogP contribution in [-0.2, 0) is 0 Å². The summed E-state index contributed by atoms with van der Waals surface area (Å²) in [5.74, 6) is -3.62. The predicted molar refractivity (Wildman–Crippen MR) is 40.5 cm³/mol. The van der Waals surface area contributed by atoms with Crippen molar-refractivity contribution in [3.63, 3.8) is 0 Å². The summed E-state index contributed by atoms with van der Waals surface area (Å²) in [6.45, 7) is 1.08. The standard InChI is InChI=1S/C7H5ClF3N/c1-2-4(9)3(8)7(12)6(11)5(2)10/h12H2,1H3. The lowest BCUT2D eigenvalue weighted by Gasteiger charge is -2.05. The molecular formula is C7H5ClF3N. The molecule has 1 aromatic carbocycles. The zero-order chi connectivity index (χ0) is 9.46. The third kappa shape index (κ3) is 1.12. The molecule has 0 radical (unpaired) electrons. The molecule has 0 amide bonds. The largest absolute Gasteiger partial charge is 0.395 e. The Labute approximate surface area is 71.9 Å². The van der Waals surface area contributed by atoms with Crippen molar-refractivity contribution in [3.8, 4) is 0 Å². The third-order valence-corrected chi connectivity index (χ3v) is 1.89. The average Bonchev–Trinajstić information content (AvgIpc) is 2.08. The van der Waals surface area contributed by atoms with Crippen LogP contribution in [0.25, 0.3) is 0 Å². The zero-order valence-corrected chi connectivity index (χ0v) is 6.85. The van der Waals surface area contributed by atoms with Gasteiger partial charge in [0.25, 0.3) is 0 Å². The van der Waals surface area contributed by atoms with Gasteiger partial charge in [-0.3, -0.25) is 0 Å². The van der Waals surface area contributed by atoms with Crippen LogP contribution >= 0.6 is 11.6 Å². The zero-order valence-electron chi connectivity index (χ0n) is 6.09. The molecule has 1 aromatic rings. The number of halogens is 4. The summed E-state index contributed by atoms with van der Waals surface area (Å²) >= 11 is 5.25. The van der Waals surface area contributed by atoms with Crippen LogP contribution in [0.5, 0.6) is 0 Å². The van der Waals surface area contributed by atoms with Crippen LogP contribution < -0.4 is 5.73 Å². The Morgan fingerprint density at radius 1 is 1.08 bits per heavy atom. The molecule has 0 saturated carbocycles. The minimum absolute atomic E-state index is 0.466. The maximum absolute atomic E-state index is 12.8. The van der Waals surface area contributed by atoms with E-state index in [0.29, 0.717) is 0 Å². The molecule has 0 aliphatic carbocycles. The van der Waals surface area contributed by atoms with Gasteiger partial charge in [-0.05, 0) is 6.92 Å². The Hall–Kier alpha value is -0.900. The van der Waals surface area contributed by atoms with Gasteiger partial charge >= 0.3 is 0 Å². The first-order valence-electron chi connectivity index (χ1n) is 3.04. The molecule has 1 rings (SSSR count). The van der Waals surface area contributed by atoms with Gasteiger partial charge in [0.2, 0.25) is 0 Å². The highest BCUT2D eigenvalue weighted by molar-refractivity contribution is 6.33. The Kier molecular flexibility index (Phi) is 2.19. The number of hydrogen-bond donors (Lipinski definition) is 1. The fraction of sp³-hybridized carbons (Fsp3) is 0.143. The Bertz CT molecular complexity index is 233. The van der Waals surface area contributed by atoms with Crippen molar-refractivity contribution in [2.45, 2.75) is 6.92 Å². The fourth-order valence-corrected chi connectivity index (χ4v) is 0.983. The van der Waals surface area contributed by atoms with Crippen LogP contribution in [0, 0.1) is 24.4 Å². The summed E-state index contributed by atoms with van der Waals surface area (Å²) in [6, 6.07) is 0. The molecule has 0 unspecified atom stereocenters. The van der Waals surface area contributed by atoms with Gasteiger partial charge in [-0.15, -0.1) is 0 Å². The van der Waals surface area contributed by atoms with Crippen molar-refractivity contribution in [2.75, 3.05) is 5.73 Å². The monoisotopic (exact) mass is 195 g/mol. The van der Waals surface area contributed by atoms with Gasteiger partial charge in [0.15, 0.2) is 11.6 Å². The van der Waals surface area contributed by atoms with Crippen LogP contribution in [0.2, 0.25) is 5.02 Å². The number of rotatable bonds is 0. The smallest absolute Gasteiger partial charge is 0.183 e. The van der Waals surface area contributed by atoms with Crippen LogP contribution in [0.3, 0.4) is 0 Å². The summed E-state index contributed by atoms with van der Waals surface area (Å²) in [7, 11) is 0. The lowest BCUT2D eigenvalue weighted by molar-refractivity contribution is 0.490. The molecule has 2 N–H and O–H groups in total. The van der Waals surface area contributed by atoms with E-state index in [2.05, 4.69) is 0 Å². The van der Waals surface area contributed by atoms with Gasteiger partial charge in [-0.2, -0.15) is 0 Å². The summed E-state index contributed by atoms with van der Waals surface area (Å²) in [6.07, 6.45) is 0. The summed E-state index contributed by atoms with van der Waals surface area (Å²) < 4.78 is 38.2. The van der Waals surface area contributed by atoms with E-state index in [9.17, 15) is 13.2 Å². The van der Waals surface area contributed by atoms with E-state index in [4.69, 9.17) is 17.3 Å². The van der Waals surface area contributed by atoms with E-state index < -0.39 is 33.7 Å². The van der Waals surface area contributed by atoms with Gasteiger partial charge < -0.3 is 5.73 Å². The molecule has 12 heavy (non-hydrogen) atoms. The number of anilines is 1. The SMILES string of the molecule is Cc1c(F)c(F)c(N)c(Cl)c1F. The molecule has 0 aliphatic rings. The number of benzene rings is 1. The van der Waals surface area contributed by atoms with Crippen molar-refractivity contribution in [1.29, 1.82) is 0 Å². The molecule has 0 bridgehead atoms.